The van der Waals surface area contributed by atoms with E-state index in [1.54, 1.807) is 17.7 Å². The number of hydrogen-bond acceptors (Lipinski definition) is 4. The monoisotopic (exact) mass is 489 g/mol. The minimum atomic E-state index is -0.590. The summed E-state index contributed by atoms with van der Waals surface area (Å²) in [7, 11) is 0. The molecule has 0 spiro atoms. The van der Waals surface area contributed by atoms with Crippen LogP contribution in [0.15, 0.2) is 36.5 Å². The van der Waals surface area contributed by atoms with Crippen molar-refractivity contribution in [1.29, 1.82) is 0 Å². The van der Waals surface area contributed by atoms with Crippen molar-refractivity contribution in [3.63, 3.8) is 0 Å². The number of aromatic nitrogens is 1. The van der Waals surface area contributed by atoms with E-state index in [1.807, 2.05) is 20.8 Å². The van der Waals surface area contributed by atoms with Crippen LogP contribution in [0.2, 0.25) is 0 Å². The summed E-state index contributed by atoms with van der Waals surface area (Å²) in [6.45, 7) is 9.80. The molecule has 0 saturated carbocycles. The molecule has 0 unspecified atom stereocenters. The lowest BCUT2D eigenvalue weighted by molar-refractivity contribution is 0.0700. The van der Waals surface area contributed by atoms with Gasteiger partial charge in [0, 0.05) is 18.8 Å². The second-order valence-electron chi connectivity index (χ2n) is 8.53. The number of nitrogens with one attached hydrogen (secondary N) is 2. The third kappa shape index (κ3) is 11.6. The van der Waals surface area contributed by atoms with E-state index in [1.165, 1.54) is 57.1 Å². The van der Waals surface area contributed by atoms with Crippen molar-refractivity contribution in [2.75, 3.05) is 13.1 Å². The summed E-state index contributed by atoms with van der Waals surface area (Å²) in [6.07, 6.45) is 13.5. The molecule has 3 N–H and O–H groups in total. The average molecular weight is 490 g/mol. The number of hydrogen-bond donors (Lipinski definition) is 3. The molecule has 194 valence electrons. The van der Waals surface area contributed by atoms with Crippen LogP contribution >= 0.6 is 0 Å². The fraction of sp³-hybridized carbons (Fsp3) is 0.500. The van der Waals surface area contributed by atoms with Gasteiger partial charge >= 0.3 is 0 Å². The molecule has 0 radical (unpaired) electrons. The van der Waals surface area contributed by atoms with Crippen LogP contribution in [-0.4, -0.2) is 29.2 Å². The maximum atomic E-state index is 12.6. The second-order valence-corrected chi connectivity index (χ2v) is 8.53. The van der Waals surface area contributed by atoms with E-state index in [-0.39, 0.29) is 5.69 Å². The van der Waals surface area contributed by atoms with E-state index in [2.05, 4.69) is 23.3 Å². The van der Waals surface area contributed by atoms with Crippen LogP contribution in [0.5, 0.6) is 0 Å². The van der Waals surface area contributed by atoms with Crippen molar-refractivity contribution < 1.29 is 18.8 Å². The van der Waals surface area contributed by atoms with Gasteiger partial charge in [-0.3, -0.25) is 15.0 Å². The van der Waals surface area contributed by atoms with Crippen LogP contribution in [0.4, 0.5) is 8.78 Å². The Morgan fingerprint density at radius 2 is 1.74 bits per heavy atom. The number of benzene rings is 1. The van der Waals surface area contributed by atoms with Crippen LogP contribution in [0.3, 0.4) is 0 Å². The first kappa shape index (κ1) is 30.4. The third-order valence-electron chi connectivity index (χ3n) is 5.80. The Labute approximate surface area is 209 Å². The summed E-state index contributed by atoms with van der Waals surface area (Å²) in [6, 6.07) is 5.36. The summed E-state index contributed by atoms with van der Waals surface area (Å²) < 4.78 is 24.9. The molecule has 0 aliphatic carbocycles. The SMILES string of the molecule is C/C=C(/CNCCCCCCCCC)c1cc(C(=O)NO)ncc1C.CCc1ccc(F)cc1F. The first-order valence-corrected chi connectivity index (χ1v) is 12.6. The first-order valence-electron chi connectivity index (χ1n) is 12.6. The van der Waals surface area contributed by atoms with Gasteiger partial charge in [0.15, 0.2) is 0 Å². The molecule has 1 amide bonds. The lowest BCUT2D eigenvalue weighted by Crippen LogP contribution is -2.21. The minimum absolute atomic E-state index is 0.217. The molecule has 0 aliphatic heterocycles. The first-order chi connectivity index (χ1) is 16.9. The quantitative estimate of drug-likeness (QED) is 0.165. The fourth-order valence-corrected chi connectivity index (χ4v) is 3.64. The third-order valence-corrected chi connectivity index (χ3v) is 5.80. The number of hydroxylamine groups is 1. The molecule has 2 aromatic rings. The molecule has 1 aromatic heterocycles. The molecule has 0 saturated heterocycles. The van der Waals surface area contributed by atoms with Crippen molar-refractivity contribution in [2.45, 2.75) is 79.1 Å². The number of pyridine rings is 1. The highest BCUT2D eigenvalue weighted by Gasteiger charge is 2.11. The van der Waals surface area contributed by atoms with Gasteiger partial charge in [0.25, 0.3) is 5.91 Å². The van der Waals surface area contributed by atoms with Crippen LogP contribution in [0.25, 0.3) is 5.57 Å². The fourth-order valence-electron chi connectivity index (χ4n) is 3.64. The average Bonchev–Trinajstić information content (AvgIpc) is 2.86. The summed E-state index contributed by atoms with van der Waals surface area (Å²) >= 11 is 0. The Bertz CT molecular complexity index is 932. The van der Waals surface area contributed by atoms with Crippen molar-refractivity contribution >= 4 is 11.5 Å². The van der Waals surface area contributed by atoms with Gasteiger partial charge < -0.3 is 5.32 Å². The van der Waals surface area contributed by atoms with E-state index < -0.39 is 17.5 Å². The largest absolute Gasteiger partial charge is 0.313 e. The summed E-state index contributed by atoms with van der Waals surface area (Å²) in [5.41, 5.74) is 5.54. The van der Waals surface area contributed by atoms with Crippen molar-refractivity contribution in [3.8, 4) is 0 Å². The molecule has 2 rings (SSSR count). The highest BCUT2D eigenvalue weighted by atomic mass is 19.1. The predicted molar refractivity (Wildman–Crippen MR) is 138 cm³/mol. The Morgan fingerprint density at radius 1 is 1.06 bits per heavy atom. The number of halogens is 2. The van der Waals surface area contributed by atoms with Gasteiger partial charge in [0.2, 0.25) is 0 Å². The molecule has 0 atom stereocenters. The highest BCUT2D eigenvalue weighted by Crippen LogP contribution is 2.19. The number of rotatable bonds is 13. The number of carbonyl (C=O) groups excluding carboxylic acids is 1. The molecule has 5 nitrogen and oxygen atoms in total. The van der Waals surface area contributed by atoms with E-state index in [4.69, 9.17) is 5.21 Å². The van der Waals surface area contributed by atoms with Crippen LogP contribution in [-0.2, 0) is 6.42 Å². The smallest absolute Gasteiger partial charge is 0.293 e. The van der Waals surface area contributed by atoms with Gasteiger partial charge in [-0.2, -0.15) is 0 Å². The van der Waals surface area contributed by atoms with Crippen molar-refractivity contribution in [1.82, 2.24) is 15.8 Å². The Balaban J connectivity index is 0.000000507. The molecule has 0 bridgehead atoms. The number of unbranched alkanes of at least 4 members (excludes halogenated alkanes) is 6. The lowest BCUT2D eigenvalue weighted by atomic mass is 10.0. The Hall–Kier alpha value is -2.64. The maximum absolute atomic E-state index is 12.6. The Kier molecular flexibility index (Phi) is 15.4. The second kappa shape index (κ2) is 17.7. The highest BCUT2D eigenvalue weighted by molar-refractivity contribution is 5.92. The van der Waals surface area contributed by atoms with E-state index in [9.17, 15) is 13.6 Å². The molecule has 0 fully saturated rings. The summed E-state index contributed by atoms with van der Waals surface area (Å²) in [5, 5.41) is 12.3. The molecular weight excluding hydrogens is 448 g/mol. The molecular formula is C28H41F2N3O2. The standard InChI is InChI=1S/C20H33N3O2.C8H8F2/c1-4-6-7-8-9-10-11-12-21-15-17(5-2)18-13-19(20(24)23-25)22-14-16(18)3;1-2-6-3-4-7(9)5-8(6)10/h5,13-14,21,25H,4,6-12,15H2,1-3H3,(H,23,24);3-5H,2H2,1H3/b17-5-;. The molecule has 1 heterocycles. The van der Waals surface area contributed by atoms with Gasteiger partial charge in [-0.1, -0.05) is 64.5 Å². The van der Waals surface area contributed by atoms with E-state index in [0.717, 1.165) is 35.9 Å². The maximum Gasteiger partial charge on any atom is 0.293 e. The predicted octanol–water partition coefficient (Wildman–Crippen LogP) is 6.78. The van der Waals surface area contributed by atoms with Crippen LogP contribution < -0.4 is 10.8 Å². The molecule has 35 heavy (non-hydrogen) atoms. The van der Waals surface area contributed by atoms with Gasteiger partial charge in [0.1, 0.15) is 17.3 Å². The number of carbonyl (C=O) groups is 1. The van der Waals surface area contributed by atoms with E-state index in [0.29, 0.717) is 12.0 Å². The summed E-state index contributed by atoms with van der Waals surface area (Å²) in [5.74, 6) is -1.56. The molecule has 7 heteroatoms. The van der Waals surface area contributed by atoms with Gasteiger partial charge in [-0.15, -0.1) is 0 Å². The topological polar surface area (TPSA) is 74.2 Å². The molecule has 0 aliphatic rings. The van der Waals surface area contributed by atoms with Crippen LogP contribution in [0.1, 0.15) is 92.9 Å². The zero-order chi connectivity index (χ0) is 26.1. The molecule has 1 aromatic carbocycles. The number of nitrogens with zero attached hydrogens (tertiary/aromatic N) is 1. The van der Waals surface area contributed by atoms with E-state index >= 15 is 0 Å². The van der Waals surface area contributed by atoms with Crippen LogP contribution in [0, 0.1) is 18.6 Å². The summed E-state index contributed by atoms with van der Waals surface area (Å²) in [4.78, 5) is 15.6. The number of allylic oxidation sites excluding steroid dienone is 1. The Morgan fingerprint density at radius 3 is 2.34 bits per heavy atom. The normalized spacial score (nSPS) is 11.1. The van der Waals surface area contributed by atoms with Crippen molar-refractivity contribution in [3.05, 3.63) is 70.6 Å². The van der Waals surface area contributed by atoms with Gasteiger partial charge in [-0.05, 0) is 67.6 Å². The number of amides is 1. The zero-order valence-electron chi connectivity index (χ0n) is 21.6. The number of aryl methyl sites for hydroxylation is 2. The van der Waals surface area contributed by atoms with Gasteiger partial charge in [0.05, 0.1) is 0 Å². The van der Waals surface area contributed by atoms with Crippen molar-refractivity contribution in [2.24, 2.45) is 0 Å². The minimum Gasteiger partial charge on any atom is -0.313 e. The van der Waals surface area contributed by atoms with Gasteiger partial charge in [-0.25, -0.2) is 14.3 Å². The lowest BCUT2D eigenvalue weighted by Gasteiger charge is -2.13. The zero-order valence-corrected chi connectivity index (χ0v) is 21.6.